The van der Waals surface area contributed by atoms with Crippen molar-refractivity contribution in [2.45, 2.75) is 110 Å². The van der Waals surface area contributed by atoms with E-state index in [0.717, 1.165) is 32.1 Å². The van der Waals surface area contributed by atoms with Crippen molar-refractivity contribution in [1.29, 1.82) is 0 Å². The van der Waals surface area contributed by atoms with Gasteiger partial charge in [-0.1, -0.05) is 47.5 Å². The second-order valence-corrected chi connectivity index (χ2v) is 11.4. The molecule has 2 amide bonds. The molecule has 1 aliphatic heterocycles. The van der Waals surface area contributed by atoms with E-state index in [4.69, 9.17) is 15.0 Å². The van der Waals surface area contributed by atoms with E-state index < -0.39 is 13.2 Å². The number of hydrogen-bond acceptors (Lipinski definition) is 5. The van der Waals surface area contributed by atoms with Crippen LogP contribution in [-0.2, 0) is 18.9 Å². The molecule has 3 saturated carbocycles. The molecule has 190 valence electrons. The average molecular weight is 486 g/mol. The number of unbranched alkanes of at least 4 members (excludes halogenated alkanes) is 2. The van der Waals surface area contributed by atoms with Gasteiger partial charge >= 0.3 is 7.12 Å². The van der Waals surface area contributed by atoms with E-state index in [1.165, 1.54) is 6.42 Å². The molecule has 3 aliphatic carbocycles. The van der Waals surface area contributed by atoms with Crippen LogP contribution in [0.15, 0.2) is 0 Å². The van der Waals surface area contributed by atoms with Gasteiger partial charge in [-0.3, -0.25) is 9.59 Å². The van der Waals surface area contributed by atoms with Gasteiger partial charge in [-0.05, 0) is 55.8 Å². The lowest BCUT2D eigenvalue weighted by Crippen LogP contribution is -2.65. The van der Waals surface area contributed by atoms with E-state index in [2.05, 4.69) is 52.2 Å². The van der Waals surface area contributed by atoms with E-state index >= 15 is 0 Å². The predicted molar refractivity (Wildman–Crippen MR) is 134 cm³/mol. The molecule has 0 aromatic heterocycles. The fourth-order valence-electron chi connectivity index (χ4n) is 6.05. The Labute approximate surface area is 206 Å². The lowest BCUT2D eigenvalue weighted by atomic mass is 9.43. The second kappa shape index (κ2) is 11.3. The Morgan fingerprint density at radius 3 is 2.48 bits per heavy atom. The summed E-state index contributed by atoms with van der Waals surface area (Å²) in [5, 5.41) is 5.86. The fourth-order valence-corrected chi connectivity index (χ4v) is 6.05. The van der Waals surface area contributed by atoms with Crippen LogP contribution >= 0.6 is 12.4 Å². The van der Waals surface area contributed by atoms with E-state index in [-0.39, 0.29) is 53.8 Å². The molecule has 0 unspecified atom stereocenters. The first kappa shape index (κ1) is 28.4. The van der Waals surface area contributed by atoms with Crippen molar-refractivity contribution in [2.24, 2.45) is 28.9 Å². The van der Waals surface area contributed by atoms with Crippen LogP contribution in [0, 0.1) is 23.2 Å². The fraction of sp³-hybridized carbons (Fsp3) is 0.917. The second-order valence-electron chi connectivity index (χ2n) is 11.4. The molecule has 9 heteroatoms. The number of hydrogen-bond donors (Lipinski definition) is 3. The first-order chi connectivity index (χ1) is 15.0. The highest BCUT2D eigenvalue weighted by molar-refractivity contribution is 6.47. The number of rotatable bonds is 11. The summed E-state index contributed by atoms with van der Waals surface area (Å²) in [6, 6.07) is -0.800. The van der Waals surface area contributed by atoms with E-state index in [1.807, 2.05) is 0 Å². The molecule has 0 aromatic rings. The maximum absolute atomic E-state index is 12.8. The molecule has 33 heavy (non-hydrogen) atoms. The van der Waals surface area contributed by atoms with Crippen molar-refractivity contribution in [1.82, 2.24) is 10.6 Å². The quantitative estimate of drug-likeness (QED) is 0.308. The van der Waals surface area contributed by atoms with Crippen molar-refractivity contribution < 1.29 is 18.9 Å². The molecular weight excluding hydrogens is 441 g/mol. The van der Waals surface area contributed by atoms with Gasteiger partial charge in [-0.15, -0.1) is 12.4 Å². The van der Waals surface area contributed by atoms with Crippen LogP contribution in [0.3, 0.4) is 0 Å². The van der Waals surface area contributed by atoms with Gasteiger partial charge < -0.3 is 25.7 Å². The molecule has 0 radical (unpaired) electrons. The lowest BCUT2D eigenvalue weighted by molar-refractivity contribution is -0.199. The summed E-state index contributed by atoms with van der Waals surface area (Å²) in [4.78, 5) is 24.8. The average Bonchev–Trinajstić information content (AvgIpc) is 3.08. The Hall–Kier alpha value is -0.825. The molecule has 1 saturated heterocycles. The van der Waals surface area contributed by atoms with Crippen molar-refractivity contribution in [3.63, 3.8) is 0 Å². The maximum Gasteiger partial charge on any atom is 0.481 e. The van der Waals surface area contributed by atoms with E-state index in [1.54, 1.807) is 0 Å². The van der Waals surface area contributed by atoms with Crippen LogP contribution < -0.4 is 16.4 Å². The Bertz CT molecular complexity index is 695. The Balaban J connectivity index is 0.00000385. The number of carbonyl (C=O) groups is 2. The summed E-state index contributed by atoms with van der Waals surface area (Å²) in [5.41, 5.74) is 6.06. The van der Waals surface area contributed by atoms with Crippen molar-refractivity contribution >= 4 is 31.3 Å². The zero-order valence-electron chi connectivity index (χ0n) is 21.3. The van der Waals surface area contributed by atoms with Crippen molar-refractivity contribution in [3.05, 3.63) is 0 Å². The smallest absolute Gasteiger partial charge is 0.404 e. The van der Waals surface area contributed by atoms with E-state index in [9.17, 15) is 9.59 Å². The minimum absolute atomic E-state index is 0. The zero-order valence-corrected chi connectivity index (χ0v) is 22.1. The maximum atomic E-state index is 12.8. The highest BCUT2D eigenvalue weighted by Crippen LogP contribution is 2.65. The van der Waals surface area contributed by atoms with Crippen LogP contribution in [0.25, 0.3) is 0 Å². The minimum Gasteiger partial charge on any atom is -0.404 e. The minimum atomic E-state index is -0.800. The highest BCUT2D eigenvalue weighted by Gasteiger charge is 2.68. The molecule has 4 N–H and O–H groups in total. The first-order valence-electron chi connectivity index (χ1n) is 12.6. The normalized spacial score (nSPS) is 31.2. The molecule has 0 spiro atoms. The summed E-state index contributed by atoms with van der Waals surface area (Å²) in [7, 11) is -0.470. The third-order valence-electron chi connectivity index (χ3n) is 8.21. The largest absolute Gasteiger partial charge is 0.481 e. The number of nitrogens with two attached hydrogens (primary N) is 1. The van der Waals surface area contributed by atoms with Crippen molar-refractivity contribution in [3.8, 4) is 0 Å². The summed E-state index contributed by atoms with van der Waals surface area (Å²) in [6.07, 6.45) is 6.45. The Morgan fingerprint density at radius 1 is 1.18 bits per heavy atom. The third kappa shape index (κ3) is 6.06. The Kier molecular flexibility index (Phi) is 9.71. The van der Waals surface area contributed by atoms with Crippen LogP contribution in [0.5, 0.6) is 0 Å². The summed E-state index contributed by atoms with van der Waals surface area (Å²) < 4.78 is 13.0. The van der Waals surface area contributed by atoms with Gasteiger partial charge in [0.2, 0.25) is 11.8 Å². The van der Waals surface area contributed by atoms with Gasteiger partial charge in [-0.2, -0.15) is 0 Å². The standard InChI is InChI=1S/C24H44BN3O4.ClH/c1-7-8-9-10-21(29)27-14-17(26)22(30)28-20(11-15(2)3)25-31-19-13-16-12-18(23(16,4)5)24(19,6)32-25;/h15-20H,7-14,26H2,1-6H3,(H,27,29)(H,28,30);1H/t16-,17-,18-,19+,20-,24-;/m0./s1. The molecule has 4 fully saturated rings. The summed E-state index contributed by atoms with van der Waals surface area (Å²) in [5.74, 6) is 0.923. The molecule has 6 atom stereocenters. The molecular formula is C24H45BClN3O4. The molecule has 0 aromatic carbocycles. The zero-order chi connectivity index (χ0) is 23.7. The highest BCUT2D eigenvalue weighted by atomic mass is 35.5. The molecule has 1 heterocycles. The lowest BCUT2D eigenvalue weighted by Gasteiger charge is -2.64. The Morgan fingerprint density at radius 2 is 1.88 bits per heavy atom. The van der Waals surface area contributed by atoms with Crippen LogP contribution in [0.1, 0.15) is 86.5 Å². The molecule has 4 rings (SSSR count). The number of carbonyl (C=O) groups excluding carboxylic acids is 2. The van der Waals surface area contributed by atoms with Gasteiger partial charge in [0.1, 0.15) is 6.04 Å². The SMILES string of the molecule is CCCCCC(=O)NC[C@H](N)C(=O)N[C@@H](CC(C)C)B1O[C@@H]2C[C@@H]3C[C@@H](C3(C)C)[C@]2(C)O1.Cl. The van der Waals surface area contributed by atoms with Crippen LogP contribution in [0.2, 0.25) is 0 Å². The molecule has 2 bridgehead atoms. The topological polar surface area (TPSA) is 103 Å². The van der Waals surface area contributed by atoms with Gasteiger partial charge in [0.25, 0.3) is 0 Å². The van der Waals surface area contributed by atoms with E-state index in [0.29, 0.717) is 24.2 Å². The first-order valence-corrected chi connectivity index (χ1v) is 12.6. The predicted octanol–water partition coefficient (Wildman–Crippen LogP) is 3.23. The summed E-state index contributed by atoms with van der Waals surface area (Å²) in [6.45, 7) is 13.4. The van der Waals surface area contributed by atoms with Gasteiger partial charge in [0.15, 0.2) is 0 Å². The number of halogens is 1. The molecule has 4 aliphatic rings. The van der Waals surface area contributed by atoms with Gasteiger partial charge in [-0.25, -0.2) is 0 Å². The number of amides is 2. The van der Waals surface area contributed by atoms with Crippen LogP contribution in [-0.4, -0.2) is 49.2 Å². The van der Waals surface area contributed by atoms with Gasteiger partial charge in [0, 0.05) is 13.0 Å². The van der Waals surface area contributed by atoms with Gasteiger partial charge in [0.05, 0.1) is 17.6 Å². The van der Waals surface area contributed by atoms with Crippen LogP contribution in [0.4, 0.5) is 0 Å². The molecule has 7 nitrogen and oxygen atoms in total. The summed E-state index contributed by atoms with van der Waals surface area (Å²) >= 11 is 0. The number of nitrogens with one attached hydrogen (secondary N) is 2. The third-order valence-corrected chi connectivity index (χ3v) is 8.21. The van der Waals surface area contributed by atoms with Crippen molar-refractivity contribution in [2.75, 3.05) is 6.54 Å². The monoisotopic (exact) mass is 485 g/mol.